The molecule has 0 aliphatic rings. The van der Waals surface area contributed by atoms with Crippen molar-refractivity contribution < 1.29 is 4.79 Å². The first-order chi connectivity index (χ1) is 7.65. The molecule has 2 rings (SSSR count). The van der Waals surface area contributed by atoms with Crippen LogP contribution in [0.1, 0.15) is 12.5 Å². The van der Waals surface area contributed by atoms with Crippen LogP contribution in [0.15, 0.2) is 29.6 Å². The van der Waals surface area contributed by atoms with Gasteiger partial charge >= 0.3 is 0 Å². The molecule has 1 heterocycles. The minimum atomic E-state index is -0.0928. The topological polar surface area (TPSA) is 42.0 Å². The van der Waals surface area contributed by atoms with E-state index in [2.05, 4.69) is 10.3 Å². The number of nitrogens with zero attached hydrogens (tertiary/aromatic N) is 1. The molecule has 1 aromatic carbocycles. The SMILES string of the molecule is CC(=O)Nc1nc(-c2ccc(C)cc2)cs1. The Morgan fingerprint density at radius 3 is 2.62 bits per heavy atom. The number of thiazole rings is 1. The van der Waals surface area contributed by atoms with Crippen LogP contribution in [0, 0.1) is 6.92 Å². The van der Waals surface area contributed by atoms with E-state index in [0.717, 1.165) is 11.3 Å². The summed E-state index contributed by atoms with van der Waals surface area (Å²) in [5.74, 6) is -0.0928. The third kappa shape index (κ3) is 2.46. The normalized spacial score (nSPS) is 10.1. The molecule has 0 saturated carbocycles. The molecule has 16 heavy (non-hydrogen) atoms. The molecular formula is C12H12N2OS. The summed E-state index contributed by atoms with van der Waals surface area (Å²) in [4.78, 5) is 15.2. The second kappa shape index (κ2) is 4.45. The smallest absolute Gasteiger partial charge is 0.223 e. The van der Waals surface area contributed by atoms with Crippen LogP contribution in [-0.4, -0.2) is 10.9 Å². The maximum Gasteiger partial charge on any atom is 0.223 e. The van der Waals surface area contributed by atoms with E-state index in [1.165, 1.54) is 23.8 Å². The Balaban J connectivity index is 2.24. The van der Waals surface area contributed by atoms with E-state index >= 15 is 0 Å². The summed E-state index contributed by atoms with van der Waals surface area (Å²) in [5.41, 5.74) is 3.19. The number of hydrogen-bond donors (Lipinski definition) is 1. The minimum Gasteiger partial charge on any atom is -0.302 e. The third-order valence-electron chi connectivity index (χ3n) is 2.13. The fourth-order valence-corrected chi connectivity index (χ4v) is 2.10. The van der Waals surface area contributed by atoms with E-state index in [1.54, 1.807) is 0 Å². The van der Waals surface area contributed by atoms with Crippen LogP contribution in [0.5, 0.6) is 0 Å². The molecule has 0 atom stereocenters. The molecule has 1 aromatic heterocycles. The Kier molecular flexibility index (Phi) is 3.01. The number of anilines is 1. The van der Waals surface area contributed by atoms with Gasteiger partial charge in [-0.25, -0.2) is 4.98 Å². The number of benzene rings is 1. The molecular weight excluding hydrogens is 220 g/mol. The maximum absolute atomic E-state index is 10.9. The first-order valence-electron chi connectivity index (χ1n) is 4.95. The zero-order valence-electron chi connectivity index (χ0n) is 9.15. The highest BCUT2D eigenvalue weighted by atomic mass is 32.1. The van der Waals surface area contributed by atoms with E-state index in [4.69, 9.17) is 0 Å². The van der Waals surface area contributed by atoms with Gasteiger partial charge in [0.1, 0.15) is 0 Å². The van der Waals surface area contributed by atoms with Gasteiger partial charge in [-0.2, -0.15) is 0 Å². The van der Waals surface area contributed by atoms with Crippen LogP contribution < -0.4 is 5.32 Å². The molecule has 1 N–H and O–H groups in total. The van der Waals surface area contributed by atoms with Crippen molar-refractivity contribution >= 4 is 22.4 Å². The molecule has 0 unspecified atom stereocenters. The zero-order chi connectivity index (χ0) is 11.5. The quantitative estimate of drug-likeness (QED) is 0.864. The van der Waals surface area contributed by atoms with Gasteiger partial charge in [0.25, 0.3) is 0 Å². The average Bonchev–Trinajstić information content (AvgIpc) is 2.66. The molecule has 2 aromatic rings. The van der Waals surface area contributed by atoms with Crippen molar-refractivity contribution in [1.29, 1.82) is 0 Å². The molecule has 0 saturated heterocycles. The Morgan fingerprint density at radius 2 is 2.00 bits per heavy atom. The number of aryl methyl sites for hydroxylation is 1. The van der Waals surface area contributed by atoms with Gasteiger partial charge in [0.15, 0.2) is 5.13 Å². The Labute approximate surface area is 98.2 Å². The van der Waals surface area contributed by atoms with E-state index in [1.807, 2.05) is 36.6 Å². The number of amides is 1. The van der Waals surface area contributed by atoms with Gasteiger partial charge in [-0.1, -0.05) is 29.8 Å². The van der Waals surface area contributed by atoms with E-state index in [9.17, 15) is 4.79 Å². The number of carbonyl (C=O) groups excluding carboxylic acids is 1. The van der Waals surface area contributed by atoms with Crippen LogP contribution in [0.4, 0.5) is 5.13 Å². The molecule has 0 bridgehead atoms. The molecule has 0 radical (unpaired) electrons. The molecule has 3 nitrogen and oxygen atoms in total. The Bertz CT molecular complexity index is 502. The van der Waals surface area contributed by atoms with Gasteiger partial charge in [0, 0.05) is 17.9 Å². The van der Waals surface area contributed by atoms with Gasteiger partial charge in [0.2, 0.25) is 5.91 Å². The third-order valence-corrected chi connectivity index (χ3v) is 2.89. The lowest BCUT2D eigenvalue weighted by Crippen LogP contribution is -2.04. The van der Waals surface area contributed by atoms with E-state index in [0.29, 0.717) is 5.13 Å². The maximum atomic E-state index is 10.9. The van der Waals surface area contributed by atoms with Gasteiger partial charge in [-0.15, -0.1) is 11.3 Å². The Morgan fingerprint density at radius 1 is 1.31 bits per heavy atom. The largest absolute Gasteiger partial charge is 0.302 e. The lowest BCUT2D eigenvalue weighted by molar-refractivity contribution is -0.114. The highest BCUT2D eigenvalue weighted by molar-refractivity contribution is 7.14. The van der Waals surface area contributed by atoms with E-state index in [-0.39, 0.29) is 5.91 Å². The van der Waals surface area contributed by atoms with Crippen molar-refractivity contribution in [1.82, 2.24) is 4.98 Å². The monoisotopic (exact) mass is 232 g/mol. The molecule has 0 fully saturated rings. The lowest BCUT2D eigenvalue weighted by Gasteiger charge is -1.97. The van der Waals surface area contributed by atoms with Gasteiger partial charge in [0.05, 0.1) is 5.69 Å². The summed E-state index contributed by atoms with van der Waals surface area (Å²) in [6.45, 7) is 3.53. The van der Waals surface area contributed by atoms with Crippen molar-refractivity contribution in [2.45, 2.75) is 13.8 Å². The first-order valence-corrected chi connectivity index (χ1v) is 5.83. The summed E-state index contributed by atoms with van der Waals surface area (Å²) in [6.07, 6.45) is 0. The number of nitrogens with one attached hydrogen (secondary N) is 1. The van der Waals surface area contributed by atoms with Crippen LogP contribution >= 0.6 is 11.3 Å². The summed E-state index contributed by atoms with van der Waals surface area (Å²) >= 11 is 1.43. The van der Waals surface area contributed by atoms with Crippen molar-refractivity contribution in [3.63, 3.8) is 0 Å². The van der Waals surface area contributed by atoms with E-state index < -0.39 is 0 Å². The standard InChI is InChI=1S/C12H12N2OS/c1-8-3-5-10(6-4-8)11-7-16-12(14-11)13-9(2)15/h3-7H,1-2H3,(H,13,14,15). The first kappa shape index (κ1) is 10.8. The second-order valence-corrected chi connectivity index (χ2v) is 4.44. The van der Waals surface area contributed by atoms with Crippen LogP contribution in [0.3, 0.4) is 0 Å². The van der Waals surface area contributed by atoms with Gasteiger partial charge in [-0.05, 0) is 6.92 Å². The fraction of sp³-hybridized carbons (Fsp3) is 0.167. The number of hydrogen-bond acceptors (Lipinski definition) is 3. The minimum absolute atomic E-state index is 0.0928. The fourth-order valence-electron chi connectivity index (χ4n) is 1.34. The van der Waals surface area contributed by atoms with Gasteiger partial charge in [-0.3, -0.25) is 4.79 Å². The number of carbonyl (C=O) groups is 1. The van der Waals surface area contributed by atoms with Crippen molar-refractivity contribution in [2.24, 2.45) is 0 Å². The summed E-state index contributed by atoms with van der Waals surface area (Å²) < 4.78 is 0. The lowest BCUT2D eigenvalue weighted by atomic mass is 10.1. The second-order valence-electron chi connectivity index (χ2n) is 3.59. The molecule has 0 aliphatic carbocycles. The Hall–Kier alpha value is -1.68. The summed E-state index contributed by atoms with van der Waals surface area (Å²) in [5, 5.41) is 5.26. The molecule has 0 aliphatic heterocycles. The molecule has 0 spiro atoms. The predicted octanol–water partition coefficient (Wildman–Crippen LogP) is 3.08. The van der Waals surface area contributed by atoms with Crippen molar-refractivity contribution in [3.8, 4) is 11.3 Å². The molecule has 82 valence electrons. The average molecular weight is 232 g/mol. The zero-order valence-corrected chi connectivity index (χ0v) is 9.97. The van der Waals surface area contributed by atoms with Gasteiger partial charge < -0.3 is 5.32 Å². The molecule has 1 amide bonds. The highest BCUT2D eigenvalue weighted by Gasteiger charge is 2.04. The van der Waals surface area contributed by atoms with Crippen LogP contribution in [0.25, 0.3) is 11.3 Å². The van der Waals surface area contributed by atoms with Crippen LogP contribution in [-0.2, 0) is 4.79 Å². The summed E-state index contributed by atoms with van der Waals surface area (Å²) in [7, 11) is 0. The van der Waals surface area contributed by atoms with Crippen molar-refractivity contribution in [2.75, 3.05) is 5.32 Å². The van der Waals surface area contributed by atoms with Crippen molar-refractivity contribution in [3.05, 3.63) is 35.2 Å². The summed E-state index contributed by atoms with van der Waals surface area (Å²) in [6, 6.07) is 8.16. The van der Waals surface area contributed by atoms with Crippen LogP contribution in [0.2, 0.25) is 0 Å². The number of aromatic nitrogens is 1. The number of rotatable bonds is 2. The molecule has 4 heteroatoms. The predicted molar refractivity (Wildman–Crippen MR) is 66.6 cm³/mol. The highest BCUT2D eigenvalue weighted by Crippen LogP contribution is 2.24.